The molecule has 0 aromatic rings. The van der Waals surface area contributed by atoms with E-state index in [1.54, 1.807) is 0 Å². The standard InChI is InChI=1S/C6H13.Cd.ClH/c1-3-5-6-4-2;;/h1,3-6H2,2H3;;1H/q-1;+2;/p-1. The Morgan fingerprint density at radius 2 is 1.75 bits per heavy atom. The summed E-state index contributed by atoms with van der Waals surface area (Å²) in [5.74, 6) is 0. The van der Waals surface area contributed by atoms with Crippen molar-refractivity contribution < 1.29 is 39.7 Å². The molecule has 0 aliphatic carbocycles. The zero-order valence-corrected chi connectivity index (χ0v) is 10.4. The summed E-state index contributed by atoms with van der Waals surface area (Å²) in [6, 6.07) is 0. The zero-order chi connectivity index (χ0) is 4.83. The van der Waals surface area contributed by atoms with E-state index >= 15 is 0 Å². The average Bonchev–Trinajstić information content (AvgIpc) is 1.61. The van der Waals surface area contributed by atoms with Crippen molar-refractivity contribution >= 4 is 0 Å². The van der Waals surface area contributed by atoms with Crippen molar-refractivity contribution in [3.05, 3.63) is 6.92 Å². The summed E-state index contributed by atoms with van der Waals surface area (Å²) in [6.45, 7) is 5.93. The van der Waals surface area contributed by atoms with E-state index in [1.165, 1.54) is 19.3 Å². The molecular formula is C6H13CdCl. The molecule has 0 N–H and O–H groups in total. The summed E-state index contributed by atoms with van der Waals surface area (Å²) in [5.41, 5.74) is 0. The monoisotopic (exact) mass is 234 g/mol. The Morgan fingerprint density at radius 1 is 1.25 bits per heavy atom. The van der Waals surface area contributed by atoms with Crippen molar-refractivity contribution in [3.8, 4) is 0 Å². The van der Waals surface area contributed by atoms with Gasteiger partial charge in [-0.3, -0.25) is 0 Å². The molecule has 0 aromatic carbocycles. The van der Waals surface area contributed by atoms with E-state index in [0.717, 1.165) is 6.42 Å². The number of halogens is 1. The summed E-state index contributed by atoms with van der Waals surface area (Å²) in [7, 11) is 0. The van der Waals surface area contributed by atoms with E-state index in [0.29, 0.717) is 0 Å². The predicted octanol–water partition coefficient (Wildman–Crippen LogP) is -0.598. The van der Waals surface area contributed by atoms with Gasteiger partial charge in [0.2, 0.25) is 0 Å². The van der Waals surface area contributed by atoms with Crippen molar-refractivity contribution in [1.29, 1.82) is 0 Å². The van der Waals surface area contributed by atoms with Crippen LogP contribution in [0.2, 0.25) is 0 Å². The van der Waals surface area contributed by atoms with Gasteiger partial charge in [0.1, 0.15) is 0 Å². The molecule has 0 atom stereocenters. The Kier molecular flexibility index (Phi) is 31.6. The van der Waals surface area contributed by atoms with Gasteiger partial charge in [0.15, 0.2) is 0 Å². The predicted molar refractivity (Wildman–Crippen MR) is 29.5 cm³/mol. The van der Waals surface area contributed by atoms with Crippen molar-refractivity contribution in [2.45, 2.75) is 32.6 Å². The van der Waals surface area contributed by atoms with Crippen LogP contribution in [-0.2, 0) is 27.3 Å². The van der Waals surface area contributed by atoms with E-state index in [4.69, 9.17) is 0 Å². The van der Waals surface area contributed by atoms with Gasteiger partial charge in [-0.05, 0) is 0 Å². The van der Waals surface area contributed by atoms with Gasteiger partial charge in [0, 0.05) is 0 Å². The van der Waals surface area contributed by atoms with E-state index in [1.807, 2.05) is 0 Å². The maximum absolute atomic E-state index is 3.72. The Labute approximate surface area is 79.0 Å². The summed E-state index contributed by atoms with van der Waals surface area (Å²) in [5, 5.41) is 0. The molecule has 0 rings (SSSR count). The summed E-state index contributed by atoms with van der Waals surface area (Å²) in [6.07, 6.45) is 5.07. The van der Waals surface area contributed by atoms with Crippen LogP contribution in [0.15, 0.2) is 0 Å². The summed E-state index contributed by atoms with van der Waals surface area (Å²) < 4.78 is 0. The third kappa shape index (κ3) is 15.7. The molecule has 0 saturated heterocycles. The summed E-state index contributed by atoms with van der Waals surface area (Å²) >= 11 is 0. The number of rotatable bonds is 3. The average molecular weight is 233 g/mol. The van der Waals surface area contributed by atoms with Crippen molar-refractivity contribution in [2.75, 3.05) is 0 Å². The van der Waals surface area contributed by atoms with Gasteiger partial charge in [-0.15, -0.1) is 0 Å². The third-order valence-electron chi connectivity index (χ3n) is 0.854. The van der Waals surface area contributed by atoms with E-state index < -0.39 is 0 Å². The van der Waals surface area contributed by atoms with Gasteiger partial charge in [0.25, 0.3) is 0 Å². The molecule has 0 heterocycles. The zero-order valence-electron chi connectivity index (χ0n) is 5.62. The largest absolute Gasteiger partial charge is 2.00 e. The maximum Gasteiger partial charge on any atom is 2.00 e. The molecule has 0 radical (unpaired) electrons. The first-order valence-corrected chi connectivity index (χ1v) is 2.71. The van der Waals surface area contributed by atoms with Crippen LogP contribution in [-0.4, -0.2) is 0 Å². The molecule has 0 amide bonds. The van der Waals surface area contributed by atoms with E-state index in [2.05, 4.69) is 13.8 Å². The molecule has 0 aliphatic heterocycles. The Morgan fingerprint density at radius 3 is 1.88 bits per heavy atom. The molecule has 0 saturated carbocycles. The van der Waals surface area contributed by atoms with Gasteiger partial charge in [-0.25, -0.2) is 0 Å². The van der Waals surface area contributed by atoms with Crippen LogP contribution < -0.4 is 12.4 Å². The minimum atomic E-state index is 0. The molecule has 46 valence electrons. The minimum Gasteiger partial charge on any atom is -1.00 e. The fraction of sp³-hybridized carbons (Fsp3) is 0.833. The smallest absolute Gasteiger partial charge is 1.00 e. The van der Waals surface area contributed by atoms with E-state index in [-0.39, 0.29) is 39.7 Å². The number of unbranched alkanes of at least 4 members (excludes halogenated alkanes) is 3. The van der Waals surface area contributed by atoms with Gasteiger partial charge >= 0.3 is 27.3 Å². The van der Waals surface area contributed by atoms with Crippen LogP contribution in [0.3, 0.4) is 0 Å². The Balaban J connectivity index is -0.000000125. The van der Waals surface area contributed by atoms with Crippen molar-refractivity contribution in [2.24, 2.45) is 0 Å². The molecule has 0 spiro atoms. The molecule has 0 fully saturated rings. The van der Waals surface area contributed by atoms with Crippen LogP contribution in [0, 0.1) is 6.92 Å². The molecule has 0 aromatic heterocycles. The van der Waals surface area contributed by atoms with Crippen LogP contribution >= 0.6 is 0 Å². The molecule has 2 heteroatoms. The normalized spacial score (nSPS) is 6.75. The second-order valence-electron chi connectivity index (χ2n) is 1.56. The second kappa shape index (κ2) is 15.7. The molecule has 8 heavy (non-hydrogen) atoms. The van der Waals surface area contributed by atoms with E-state index in [9.17, 15) is 0 Å². The quantitative estimate of drug-likeness (QED) is 0.347. The molecule has 0 bridgehead atoms. The molecule has 0 unspecified atom stereocenters. The minimum absolute atomic E-state index is 0. The first-order valence-electron chi connectivity index (χ1n) is 2.71. The maximum atomic E-state index is 3.72. The van der Waals surface area contributed by atoms with Crippen LogP contribution in [0.1, 0.15) is 32.6 Å². The van der Waals surface area contributed by atoms with Gasteiger partial charge in [0.05, 0.1) is 0 Å². The summed E-state index contributed by atoms with van der Waals surface area (Å²) in [4.78, 5) is 0. The second-order valence-corrected chi connectivity index (χ2v) is 1.56. The Bertz CT molecular complexity index is 20.5. The third-order valence-corrected chi connectivity index (χ3v) is 0.854. The molecular weight excluding hydrogens is 220 g/mol. The van der Waals surface area contributed by atoms with Crippen LogP contribution in [0.4, 0.5) is 0 Å². The first kappa shape index (κ1) is 16.1. The Hall–Kier alpha value is 1.21. The SMILES string of the molecule is [CH2-]CCCCC.[Cd+2].[Cl-]. The van der Waals surface area contributed by atoms with Gasteiger partial charge < -0.3 is 19.3 Å². The fourth-order valence-corrected chi connectivity index (χ4v) is 0.427. The molecule has 0 nitrogen and oxygen atoms in total. The number of hydrogen-bond donors (Lipinski definition) is 0. The van der Waals surface area contributed by atoms with Crippen LogP contribution in [0.5, 0.6) is 0 Å². The topological polar surface area (TPSA) is 0 Å². The number of hydrogen-bond acceptors (Lipinski definition) is 0. The molecule has 0 aliphatic rings. The van der Waals surface area contributed by atoms with Crippen molar-refractivity contribution in [3.63, 3.8) is 0 Å². The van der Waals surface area contributed by atoms with Gasteiger partial charge in [-0.2, -0.15) is 6.42 Å². The fourth-order valence-electron chi connectivity index (χ4n) is 0.427. The van der Waals surface area contributed by atoms with Gasteiger partial charge in [-0.1, -0.05) is 26.2 Å². The van der Waals surface area contributed by atoms with Crippen molar-refractivity contribution in [1.82, 2.24) is 0 Å². The van der Waals surface area contributed by atoms with Crippen LogP contribution in [0.25, 0.3) is 0 Å². The first-order chi connectivity index (χ1) is 2.91.